The lowest BCUT2D eigenvalue weighted by atomic mass is 9.98. The minimum atomic E-state index is -1.49. The van der Waals surface area contributed by atoms with Gasteiger partial charge in [0.2, 0.25) is 12.1 Å². The zero-order valence-electron chi connectivity index (χ0n) is 32.5. The van der Waals surface area contributed by atoms with Gasteiger partial charge in [-0.1, -0.05) is 73.5 Å². The third-order valence-electron chi connectivity index (χ3n) is 9.22. The second-order valence-electron chi connectivity index (χ2n) is 13.4. The van der Waals surface area contributed by atoms with Crippen molar-refractivity contribution in [1.29, 1.82) is 0 Å². The first-order chi connectivity index (χ1) is 29.4. The van der Waals surface area contributed by atoms with Crippen molar-refractivity contribution >= 4 is 29.7 Å². The first kappa shape index (κ1) is 44.1. The molecule has 4 unspecified atom stereocenters. The molecule has 6 rings (SSSR count). The number of carbonyl (C=O) groups excluding carboxylic acids is 3. The standard InChI is InChI=1S/C36H39ClN8O16/c1-3-4-9-28-38-33(37)30(43(28)14-21-10-12-22(13-11-21)24-7-5-6-8-25(24)34-39-41-42-40-34)35(47)57-20(2)58-36(48)60-27-18-55-31-26(17-54-32(27)31)59-29(46)19-53-15-23(61-45(51)52)16-56-44(49)50/h5-8,10-13,20,23,26-27,31-32H,3-4,9,14-19H2,1-2H3,(H,39,40,41,42)/t20?,23?,26-,27-,31?,32?/m0/s1. The topological polar surface area (TPSA) is 293 Å². The summed E-state index contributed by atoms with van der Waals surface area (Å²) in [6, 6.07) is 15.4. The quantitative estimate of drug-likeness (QED) is 0.0413. The number of esters is 2. The number of aromatic amines is 1. The molecule has 2 aromatic carbocycles. The fourth-order valence-electron chi connectivity index (χ4n) is 6.54. The number of hydrogen-bond donors (Lipinski definition) is 1. The summed E-state index contributed by atoms with van der Waals surface area (Å²) in [6.45, 7) is 1.15. The number of aromatic nitrogens is 6. The zero-order chi connectivity index (χ0) is 43.5. The molecule has 0 spiro atoms. The van der Waals surface area contributed by atoms with Crippen molar-refractivity contribution in [1.82, 2.24) is 30.2 Å². The summed E-state index contributed by atoms with van der Waals surface area (Å²) in [6.07, 6.45) is -5.58. The molecule has 2 fully saturated rings. The molecular formula is C36H39ClN8O16. The van der Waals surface area contributed by atoms with E-state index >= 15 is 0 Å². The molecular weight excluding hydrogens is 836 g/mol. The van der Waals surface area contributed by atoms with Crippen LogP contribution in [0.1, 0.15) is 48.6 Å². The van der Waals surface area contributed by atoms with Gasteiger partial charge >= 0.3 is 18.1 Å². The van der Waals surface area contributed by atoms with Crippen LogP contribution in [0.15, 0.2) is 48.5 Å². The van der Waals surface area contributed by atoms with Gasteiger partial charge < -0.3 is 47.4 Å². The van der Waals surface area contributed by atoms with Crippen molar-refractivity contribution in [2.45, 2.75) is 76.5 Å². The largest absolute Gasteiger partial charge is 0.511 e. The number of nitrogens with one attached hydrogen (secondary N) is 1. The molecule has 25 heteroatoms. The molecule has 24 nitrogen and oxygen atoms in total. The number of halogens is 1. The predicted molar refractivity (Wildman–Crippen MR) is 201 cm³/mol. The van der Waals surface area contributed by atoms with Crippen LogP contribution >= 0.6 is 11.6 Å². The number of rotatable bonds is 21. The smallest absolute Gasteiger partial charge is 0.455 e. The van der Waals surface area contributed by atoms with Crippen molar-refractivity contribution < 1.29 is 67.4 Å². The molecule has 0 saturated carbocycles. The van der Waals surface area contributed by atoms with E-state index in [2.05, 4.69) is 35.3 Å². The van der Waals surface area contributed by atoms with E-state index in [0.29, 0.717) is 18.1 Å². The number of H-pyrrole nitrogens is 1. The van der Waals surface area contributed by atoms with E-state index < -0.39 is 84.9 Å². The van der Waals surface area contributed by atoms with E-state index in [1.807, 2.05) is 55.5 Å². The van der Waals surface area contributed by atoms with Gasteiger partial charge in [0, 0.05) is 25.5 Å². The predicted octanol–water partition coefficient (Wildman–Crippen LogP) is 3.31. The van der Waals surface area contributed by atoms with Crippen molar-refractivity contribution in [3.8, 4) is 22.5 Å². The minimum Gasteiger partial charge on any atom is -0.455 e. The lowest BCUT2D eigenvalue weighted by Crippen LogP contribution is -2.37. The first-order valence-electron chi connectivity index (χ1n) is 18.7. The normalized spacial score (nSPS) is 19.0. The lowest BCUT2D eigenvalue weighted by molar-refractivity contribution is -0.790. The summed E-state index contributed by atoms with van der Waals surface area (Å²) < 4.78 is 39.4. The van der Waals surface area contributed by atoms with Crippen LogP contribution in [0, 0.1) is 20.2 Å². The number of fused-ring (bicyclic) bond motifs is 1. The Morgan fingerprint density at radius 3 is 2.33 bits per heavy atom. The molecule has 2 aliphatic heterocycles. The number of ether oxygens (including phenoxy) is 7. The van der Waals surface area contributed by atoms with Gasteiger partial charge in [0.25, 0.3) is 10.2 Å². The van der Waals surface area contributed by atoms with E-state index in [0.717, 1.165) is 35.1 Å². The molecule has 0 bridgehead atoms. The van der Waals surface area contributed by atoms with Gasteiger partial charge in [-0.2, -0.15) is 5.21 Å². The molecule has 4 heterocycles. The van der Waals surface area contributed by atoms with Crippen LogP contribution in [0.4, 0.5) is 4.79 Å². The van der Waals surface area contributed by atoms with Crippen LogP contribution in [-0.2, 0) is 60.6 Å². The van der Waals surface area contributed by atoms with Crippen molar-refractivity contribution in [2.24, 2.45) is 0 Å². The van der Waals surface area contributed by atoms with Crippen molar-refractivity contribution in [3.63, 3.8) is 0 Å². The average molecular weight is 875 g/mol. The SMILES string of the molecule is CCCCc1nc(Cl)c(C(=O)OC(C)OC(=O)O[C@H]2COC3C2OC[C@@H]3OC(=O)COCC(CO[N+](=O)[O-])O[N+](=O)[O-])n1Cc1ccc(-c2ccccc2-c2nn[nH]n2)cc1. The third-order valence-corrected chi connectivity index (χ3v) is 9.49. The van der Waals surface area contributed by atoms with Crippen LogP contribution in [0.3, 0.4) is 0 Å². The Hall–Kier alpha value is -6.50. The van der Waals surface area contributed by atoms with E-state index in [-0.39, 0.29) is 30.6 Å². The molecule has 4 aromatic rings. The molecule has 2 aliphatic rings. The van der Waals surface area contributed by atoms with E-state index in [1.165, 1.54) is 6.92 Å². The highest BCUT2D eigenvalue weighted by Gasteiger charge is 2.51. The van der Waals surface area contributed by atoms with Gasteiger partial charge in [0.1, 0.15) is 31.2 Å². The molecule has 2 saturated heterocycles. The summed E-state index contributed by atoms with van der Waals surface area (Å²) in [7, 11) is 0. The Bertz CT molecular complexity index is 2160. The van der Waals surface area contributed by atoms with Crippen molar-refractivity contribution in [3.05, 3.63) is 91.0 Å². The maximum Gasteiger partial charge on any atom is 0.511 e. The molecule has 326 valence electrons. The summed E-state index contributed by atoms with van der Waals surface area (Å²) >= 11 is 6.53. The number of imidazole rings is 1. The Labute approximate surface area is 349 Å². The molecule has 2 aromatic heterocycles. The molecule has 0 radical (unpaired) electrons. The van der Waals surface area contributed by atoms with Crippen molar-refractivity contribution in [2.75, 3.05) is 33.0 Å². The number of carbonyl (C=O) groups is 3. The number of unbranched alkanes of at least 4 members (excludes halogenated alkanes) is 1. The van der Waals surface area contributed by atoms with Crippen LogP contribution in [0.25, 0.3) is 22.5 Å². The van der Waals surface area contributed by atoms with E-state index in [9.17, 15) is 34.6 Å². The van der Waals surface area contributed by atoms with E-state index in [4.69, 9.17) is 44.8 Å². The van der Waals surface area contributed by atoms with Crippen LogP contribution in [-0.4, -0.2) is 128 Å². The molecule has 1 N–H and O–H groups in total. The summed E-state index contributed by atoms with van der Waals surface area (Å²) in [5, 5.41) is 32.9. The van der Waals surface area contributed by atoms with Gasteiger partial charge in [-0.25, -0.2) is 19.4 Å². The monoisotopic (exact) mass is 874 g/mol. The zero-order valence-corrected chi connectivity index (χ0v) is 33.2. The third kappa shape index (κ3) is 11.6. The van der Waals surface area contributed by atoms with E-state index in [1.54, 1.807) is 4.57 Å². The number of tetrazole rings is 1. The second kappa shape index (κ2) is 20.7. The Balaban J connectivity index is 1.01. The van der Waals surface area contributed by atoms with Gasteiger partial charge in [0.15, 0.2) is 29.2 Å². The summed E-state index contributed by atoms with van der Waals surface area (Å²) in [5.74, 6) is -0.784. The maximum atomic E-state index is 13.6. The number of aryl methyl sites for hydroxylation is 1. The Morgan fingerprint density at radius 2 is 1.67 bits per heavy atom. The van der Waals surface area contributed by atoms with Gasteiger partial charge in [-0.15, -0.1) is 30.4 Å². The molecule has 0 amide bonds. The molecule has 0 aliphatic carbocycles. The average Bonchev–Trinajstić information content (AvgIpc) is 4.03. The Kier molecular flexibility index (Phi) is 14.9. The number of benzene rings is 2. The van der Waals surface area contributed by atoms with Crippen LogP contribution < -0.4 is 0 Å². The fraction of sp³-hybridized carbons (Fsp3) is 0.472. The molecule has 6 atom stereocenters. The maximum absolute atomic E-state index is 13.6. The number of nitrogens with zero attached hydrogens (tertiary/aromatic N) is 7. The van der Waals surface area contributed by atoms with Gasteiger partial charge in [-0.05, 0) is 28.3 Å². The highest BCUT2D eigenvalue weighted by molar-refractivity contribution is 6.32. The minimum absolute atomic E-state index is 0.0333. The van der Waals surface area contributed by atoms with Gasteiger partial charge in [0.05, 0.1) is 19.8 Å². The summed E-state index contributed by atoms with van der Waals surface area (Å²) in [4.78, 5) is 72.5. The lowest BCUT2D eigenvalue weighted by Gasteiger charge is -2.19. The fourth-order valence-corrected chi connectivity index (χ4v) is 6.81. The second-order valence-corrected chi connectivity index (χ2v) is 13.8. The Morgan fingerprint density at radius 1 is 0.967 bits per heavy atom. The number of hydrogen-bond acceptors (Lipinski definition) is 20. The highest BCUT2D eigenvalue weighted by Crippen LogP contribution is 2.32. The van der Waals surface area contributed by atoms with Crippen LogP contribution in [0.2, 0.25) is 5.15 Å². The summed E-state index contributed by atoms with van der Waals surface area (Å²) in [5.41, 5.74) is 3.40. The highest BCUT2D eigenvalue weighted by atomic mass is 35.5. The van der Waals surface area contributed by atoms with Crippen LogP contribution in [0.5, 0.6) is 0 Å². The van der Waals surface area contributed by atoms with Gasteiger partial charge in [-0.3, -0.25) is 0 Å². The molecule has 61 heavy (non-hydrogen) atoms. The first-order valence-corrected chi connectivity index (χ1v) is 19.1.